The van der Waals surface area contributed by atoms with Crippen LogP contribution in [-0.2, 0) is 19.4 Å². The van der Waals surface area contributed by atoms with Crippen LogP contribution in [0, 0.1) is 5.92 Å². The molecule has 142 valence electrons. The van der Waals surface area contributed by atoms with E-state index in [1.165, 1.54) is 12.1 Å². The first kappa shape index (κ1) is 20.5. The Labute approximate surface area is 158 Å². The molecule has 1 saturated carbocycles. The predicted molar refractivity (Wildman–Crippen MR) is 97.5 cm³/mol. The number of sulfone groups is 1. The highest BCUT2D eigenvalue weighted by atomic mass is 35.5. The van der Waals surface area contributed by atoms with E-state index in [9.17, 15) is 18.0 Å². The van der Waals surface area contributed by atoms with Crippen molar-refractivity contribution >= 4 is 33.0 Å². The van der Waals surface area contributed by atoms with Crippen LogP contribution in [0.2, 0.25) is 5.02 Å². The highest BCUT2D eigenvalue weighted by Crippen LogP contribution is 2.38. The maximum Gasteiger partial charge on any atom is 0.201 e. The fourth-order valence-corrected chi connectivity index (χ4v) is 3.56. The van der Waals surface area contributed by atoms with Crippen LogP contribution < -0.4 is 4.74 Å². The van der Waals surface area contributed by atoms with Crippen molar-refractivity contribution in [3.05, 3.63) is 34.6 Å². The molecule has 0 atom stereocenters. The molecule has 0 radical (unpaired) electrons. The second kappa shape index (κ2) is 8.22. The summed E-state index contributed by atoms with van der Waals surface area (Å²) in [6.07, 6.45) is 3.66. The fourth-order valence-electron chi connectivity index (χ4n) is 2.39. The van der Waals surface area contributed by atoms with Crippen molar-refractivity contribution < 1.29 is 27.5 Å². The van der Waals surface area contributed by atoms with Crippen LogP contribution in [0.4, 0.5) is 0 Å². The van der Waals surface area contributed by atoms with Gasteiger partial charge in [0, 0.05) is 17.7 Å². The van der Waals surface area contributed by atoms with Gasteiger partial charge in [-0.1, -0.05) is 11.6 Å². The monoisotopic (exact) mass is 400 g/mol. The van der Waals surface area contributed by atoms with Crippen LogP contribution in [0.5, 0.6) is 5.75 Å². The zero-order chi connectivity index (χ0) is 19.5. The molecular weight excluding hydrogens is 380 g/mol. The minimum atomic E-state index is -3.60. The van der Waals surface area contributed by atoms with Gasteiger partial charge in [-0.15, -0.1) is 0 Å². The number of Topliss-reactive ketones (excluding diaryl/α,β-unsaturated/α-hetero) is 2. The summed E-state index contributed by atoms with van der Waals surface area (Å²) in [7, 11) is -3.60. The van der Waals surface area contributed by atoms with E-state index < -0.39 is 15.6 Å². The van der Waals surface area contributed by atoms with Crippen LogP contribution in [0.25, 0.3) is 0 Å². The maximum atomic E-state index is 12.9. The zero-order valence-electron chi connectivity index (χ0n) is 14.9. The number of rotatable bonds is 9. The van der Waals surface area contributed by atoms with Gasteiger partial charge in [-0.3, -0.25) is 9.59 Å². The molecular formula is C18H21ClO6S. The van der Waals surface area contributed by atoms with Crippen LogP contribution in [0.15, 0.2) is 28.9 Å². The number of hydrogen-bond donors (Lipinski definition) is 0. The lowest BCUT2D eigenvalue weighted by Crippen LogP contribution is -2.17. The molecule has 1 aliphatic rings. The molecule has 0 heterocycles. The Balaban J connectivity index is 2.53. The minimum Gasteiger partial charge on any atom is -0.501 e. The van der Waals surface area contributed by atoms with E-state index in [1.807, 2.05) is 0 Å². The Morgan fingerprint density at radius 2 is 1.88 bits per heavy atom. The molecule has 1 aliphatic carbocycles. The van der Waals surface area contributed by atoms with Gasteiger partial charge < -0.3 is 9.47 Å². The van der Waals surface area contributed by atoms with Crippen molar-refractivity contribution in [1.82, 2.24) is 0 Å². The van der Waals surface area contributed by atoms with E-state index in [0.29, 0.717) is 6.61 Å². The summed E-state index contributed by atoms with van der Waals surface area (Å²) in [6, 6.07) is 2.56. The van der Waals surface area contributed by atoms with Gasteiger partial charge >= 0.3 is 0 Å². The highest BCUT2D eigenvalue weighted by molar-refractivity contribution is 7.90. The highest BCUT2D eigenvalue weighted by Gasteiger charge is 2.36. The number of ketones is 2. The summed E-state index contributed by atoms with van der Waals surface area (Å²) in [6.45, 7) is 3.89. The molecule has 1 fully saturated rings. The van der Waals surface area contributed by atoms with E-state index in [-0.39, 0.29) is 45.1 Å². The molecule has 0 aliphatic heterocycles. The van der Waals surface area contributed by atoms with E-state index in [2.05, 4.69) is 0 Å². The molecule has 0 bridgehead atoms. The molecule has 0 spiro atoms. The van der Waals surface area contributed by atoms with E-state index in [0.717, 1.165) is 25.4 Å². The summed E-state index contributed by atoms with van der Waals surface area (Å²) in [5, 5.41) is -0.134. The molecule has 2 rings (SSSR count). The lowest BCUT2D eigenvalue weighted by Gasteiger charge is -2.14. The third-order valence-corrected chi connectivity index (χ3v) is 5.32. The summed E-state index contributed by atoms with van der Waals surface area (Å²) in [5.74, 6) is -1.16. The van der Waals surface area contributed by atoms with Gasteiger partial charge in [0.1, 0.15) is 10.5 Å². The molecule has 1 aromatic carbocycles. The first-order valence-corrected chi connectivity index (χ1v) is 10.5. The van der Waals surface area contributed by atoms with Gasteiger partial charge in [-0.05, 0) is 38.8 Å². The summed E-state index contributed by atoms with van der Waals surface area (Å²) in [4.78, 5) is 25.2. The molecule has 0 N–H and O–H groups in total. The van der Waals surface area contributed by atoms with E-state index in [1.54, 1.807) is 13.8 Å². The van der Waals surface area contributed by atoms with Crippen molar-refractivity contribution in [2.24, 2.45) is 5.92 Å². The molecule has 0 saturated heterocycles. The first-order chi connectivity index (χ1) is 12.2. The van der Waals surface area contributed by atoms with Crippen molar-refractivity contribution in [3.8, 4) is 5.75 Å². The Kier molecular flexibility index (Phi) is 6.47. The van der Waals surface area contributed by atoms with E-state index in [4.69, 9.17) is 21.1 Å². The summed E-state index contributed by atoms with van der Waals surface area (Å²) in [5.41, 5.74) is -0.0896. The van der Waals surface area contributed by atoms with Crippen LogP contribution in [0.1, 0.15) is 37.0 Å². The molecule has 0 amide bonds. The topological polar surface area (TPSA) is 86.7 Å². The average molecular weight is 401 g/mol. The molecule has 26 heavy (non-hydrogen) atoms. The molecule has 6 nitrogen and oxygen atoms in total. The number of halogens is 1. The van der Waals surface area contributed by atoms with Gasteiger partial charge in [-0.25, -0.2) is 8.42 Å². The van der Waals surface area contributed by atoms with Crippen molar-refractivity contribution in [2.45, 2.75) is 31.6 Å². The van der Waals surface area contributed by atoms with Crippen molar-refractivity contribution in [1.29, 1.82) is 0 Å². The minimum absolute atomic E-state index is 0.00229. The van der Waals surface area contributed by atoms with Gasteiger partial charge in [0.25, 0.3) is 0 Å². The molecule has 0 aromatic heterocycles. The quantitative estimate of drug-likeness (QED) is 0.208. The summed E-state index contributed by atoms with van der Waals surface area (Å²) < 4.78 is 34.4. The number of benzene rings is 1. The SMILES string of the molecule is CCOC=C(C(=O)c1ccc(S(C)(=O)=O)c(OCC)c1Cl)C(=O)C1CC1. The number of carbonyl (C=O) groups excluding carboxylic acids is 2. The Morgan fingerprint density at radius 3 is 2.38 bits per heavy atom. The molecule has 8 heteroatoms. The lowest BCUT2D eigenvalue weighted by molar-refractivity contribution is -0.116. The summed E-state index contributed by atoms with van der Waals surface area (Å²) >= 11 is 6.28. The average Bonchev–Trinajstić information content (AvgIpc) is 3.40. The van der Waals surface area contributed by atoms with Crippen molar-refractivity contribution in [3.63, 3.8) is 0 Å². The Bertz CT molecular complexity index is 853. The Hall–Kier alpha value is -1.86. The zero-order valence-corrected chi connectivity index (χ0v) is 16.4. The van der Waals surface area contributed by atoms with Gasteiger partial charge in [0.2, 0.25) is 5.78 Å². The number of ether oxygens (including phenoxy) is 2. The second-order valence-electron chi connectivity index (χ2n) is 5.91. The van der Waals surface area contributed by atoms with E-state index >= 15 is 0 Å². The van der Waals surface area contributed by atoms with Crippen LogP contribution >= 0.6 is 11.6 Å². The van der Waals surface area contributed by atoms with Gasteiger partial charge in [0.15, 0.2) is 21.4 Å². The molecule has 1 aromatic rings. The smallest absolute Gasteiger partial charge is 0.201 e. The Morgan fingerprint density at radius 1 is 1.23 bits per heavy atom. The number of carbonyl (C=O) groups is 2. The van der Waals surface area contributed by atoms with Crippen LogP contribution in [0.3, 0.4) is 0 Å². The maximum absolute atomic E-state index is 12.9. The normalized spacial score (nSPS) is 14.8. The predicted octanol–water partition coefficient (Wildman–Crippen LogP) is 3.22. The second-order valence-corrected chi connectivity index (χ2v) is 8.28. The van der Waals surface area contributed by atoms with Crippen molar-refractivity contribution in [2.75, 3.05) is 19.5 Å². The standard InChI is InChI=1S/C18H21ClO6S/c1-4-24-10-13(16(20)11-6-7-11)17(21)12-8-9-14(26(3,22)23)18(15(12)19)25-5-2/h8-11H,4-7H2,1-3H3. The molecule has 0 unspecified atom stereocenters. The third kappa shape index (κ3) is 4.45. The lowest BCUT2D eigenvalue weighted by atomic mass is 9.98. The fraction of sp³-hybridized carbons (Fsp3) is 0.444. The largest absolute Gasteiger partial charge is 0.501 e. The van der Waals surface area contributed by atoms with Crippen LogP contribution in [-0.4, -0.2) is 39.5 Å². The first-order valence-electron chi connectivity index (χ1n) is 8.28. The third-order valence-electron chi connectivity index (χ3n) is 3.82. The van der Waals surface area contributed by atoms with Gasteiger partial charge in [0.05, 0.1) is 24.5 Å². The van der Waals surface area contributed by atoms with Gasteiger partial charge in [-0.2, -0.15) is 0 Å². The number of hydrogen-bond acceptors (Lipinski definition) is 6. The number of allylic oxidation sites excluding steroid dienone is 1.